The number of hydrogen-bond acceptors (Lipinski definition) is 4. The van der Waals surface area contributed by atoms with Crippen molar-refractivity contribution in [2.75, 3.05) is 0 Å². The van der Waals surface area contributed by atoms with Crippen LogP contribution < -0.4 is 10.3 Å². The highest BCUT2D eigenvalue weighted by Gasteiger charge is 2.39. The molecule has 6 aromatic rings. The van der Waals surface area contributed by atoms with Crippen molar-refractivity contribution in [1.82, 2.24) is 19.6 Å². The molecule has 6 nitrogen and oxygen atoms in total. The molecule has 0 amide bonds. The summed E-state index contributed by atoms with van der Waals surface area (Å²) >= 11 is 6.34. The first-order valence-electron chi connectivity index (χ1n) is 14.5. The summed E-state index contributed by atoms with van der Waals surface area (Å²) in [6, 6.07) is 41.5. The van der Waals surface area contributed by atoms with Gasteiger partial charge >= 0.3 is 0 Å². The van der Waals surface area contributed by atoms with Crippen molar-refractivity contribution in [3.05, 3.63) is 171 Å². The van der Waals surface area contributed by atoms with Crippen LogP contribution in [0.15, 0.2) is 139 Å². The third kappa shape index (κ3) is 5.45. The fourth-order valence-electron chi connectivity index (χ4n) is 5.53. The van der Waals surface area contributed by atoms with Gasteiger partial charge in [-0.2, -0.15) is 10.2 Å². The van der Waals surface area contributed by atoms with E-state index < -0.39 is 11.1 Å². The van der Waals surface area contributed by atoms with Crippen molar-refractivity contribution in [3.63, 3.8) is 0 Å². The van der Waals surface area contributed by atoms with Crippen LogP contribution in [0.5, 0.6) is 5.75 Å². The Morgan fingerprint density at radius 2 is 1.25 bits per heavy atom. The summed E-state index contributed by atoms with van der Waals surface area (Å²) in [5.41, 5.74) is 4.56. The van der Waals surface area contributed by atoms with E-state index in [0.29, 0.717) is 0 Å². The lowest BCUT2D eigenvalue weighted by molar-refractivity contribution is 0.292. The highest BCUT2D eigenvalue weighted by Crippen LogP contribution is 2.40. The summed E-state index contributed by atoms with van der Waals surface area (Å²) in [6.45, 7) is 5.93. The second kappa shape index (κ2) is 12.0. The molecule has 0 spiro atoms. The minimum Gasteiger partial charge on any atom is -0.485 e. The topological polar surface area (TPSA) is 61.9 Å². The largest absolute Gasteiger partial charge is 0.485 e. The molecule has 0 aliphatic carbocycles. The molecule has 0 aliphatic rings. The molecule has 0 saturated carbocycles. The summed E-state index contributed by atoms with van der Waals surface area (Å²) < 4.78 is 9.31. The van der Waals surface area contributed by atoms with Gasteiger partial charge in [-0.3, -0.25) is 9.48 Å². The van der Waals surface area contributed by atoms with Crippen LogP contribution in [-0.4, -0.2) is 19.6 Å². The Kier molecular flexibility index (Phi) is 7.93. The van der Waals surface area contributed by atoms with Crippen LogP contribution in [0.2, 0.25) is 5.02 Å². The Morgan fingerprint density at radius 3 is 1.75 bits per heavy atom. The molecule has 6 rings (SSSR count). The predicted octanol–water partition coefficient (Wildman–Crippen LogP) is 7.93. The van der Waals surface area contributed by atoms with E-state index in [4.69, 9.17) is 21.4 Å². The third-order valence-electron chi connectivity index (χ3n) is 7.67. The van der Waals surface area contributed by atoms with Crippen LogP contribution in [-0.2, 0) is 17.7 Å². The summed E-state index contributed by atoms with van der Waals surface area (Å²) in [6.07, 6.45) is 3.54. The Morgan fingerprint density at radius 1 is 0.727 bits per heavy atom. The average Bonchev–Trinajstić information content (AvgIpc) is 3.54. The zero-order valence-corrected chi connectivity index (χ0v) is 25.6. The van der Waals surface area contributed by atoms with Gasteiger partial charge in [-0.05, 0) is 49.1 Å². The van der Waals surface area contributed by atoms with Gasteiger partial charge in [-0.15, -0.1) is 0 Å². The number of nitrogens with zero attached hydrogens (tertiary/aromatic N) is 4. The van der Waals surface area contributed by atoms with Crippen LogP contribution in [0, 0.1) is 0 Å². The molecule has 0 bridgehead atoms. The summed E-state index contributed by atoms with van der Waals surface area (Å²) in [5.74, 6) is 0.263. The van der Waals surface area contributed by atoms with Gasteiger partial charge in [0.05, 0.1) is 17.4 Å². The van der Waals surface area contributed by atoms with Crippen molar-refractivity contribution in [3.8, 4) is 17.0 Å². The third-order valence-corrected chi connectivity index (χ3v) is 8.02. The highest BCUT2D eigenvalue weighted by atomic mass is 35.5. The number of aromatic nitrogens is 4. The monoisotopic (exact) mass is 600 g/mol. The molecule has 0 saturated heterocycles. The zero-order chi connectivity index (χ0) is 30.7. The van der Waals surface area contributed by atoms with Gasteiger partial charge < -0.3 is 4.74 Å². The Labute approximate surface area is 262 Å². The van der Waals surface area contributed by atoms with Gasteiger partial charge in [0.1, 0.15) is 12.1 Å². The standard InChI is InChI=1S/C37H33ClN4O2/c1-36(2,3)42-35(43)34(38)33(25-39-42)44-26-27-19-21-28(22-20-27)32-23-24-41(40-32)37(29-13-7-4-8-14-29,30-15-9-5-10-16-30)31-17-11-6-12-18-31/h4-25H,26H2,1-3H3. The quantitative estimate of drug-likeness (QED) is 0.166. The molecular weight excluding hydrogens is 568 g/mol. The number of benzene rings is 4. The van der Waals surface area contributed by atoms with Crippen LogP contribution in [0.25, 0.3) is 11.3 Å². The smallest absolute Gasteiger partial charge is 0.289 e. The van der Waals surface area contributed by atoms with E-state index in [1.165, 1.54) is 10.9 Å². The van der Waals surface area contributed by atoms with E-state index >= 15 is 0 Å². The molecule has 44 heavy (non-hydrogen) atoms. The Balaban J connectivity index is 1.32. The van der Waals surface area contributed by atoms with Gasteiger partial charge in [-0.1, -0.05) is 127 Å². The fourth-order valence-corrected chi connectivity index (χ4v) is 5.71. The maximum atomic E-state index is 12.7. The second-order valence-corrected chi connectivity index (χ2v) is 12.0. The Bertz CT molecular complexity index is 1810. The van der Waals surface area contributed by atoms with Crippen LogP contribution >= 0.6 is 11.6 Å². The molecule has 0 fully saturated rings. The highest BCUT2D eigenvalue weighted by molar-refractivity contribution is 6.31. The van der Waals surface area contributed by atoms with E-state index in [2.05, 4.69) is 82.6 Å². The lowest BCUT2D eigenvalue weighted by Crippen LogP contribution is -2.38. The second-order valence-electron chi connectivity index (χ2n) is 11.7. The summed E-state index contributed by atoms with van der Waals surface area (Å²) in [7, 11) is 0. The number of rotatable bonds is 8. The molecule has 0 atom stereocenters. The van der Waals surface area contributed by atoms with Crippen molar-refractivity contribution in [2.24, 2.45) is 0 Å². The zero-order valence-electron chi connectivity index (χ0n) is 24.9. The lowest BCUT2D eigenvalue weighted by atomic mass is 9.77. The van der Waals surface area contributed by atoms with E-state index in [1.807, 2.05) is 75.5 Å². The van der Waals surface area contributed by atoms with E-state index in [0.717, 1.165) is 33.5 Å². The van der Waals surface area contributed by atoms with Gasteiger partial charge in [-0.25, -0.2) is 4.68 Å². The fraction of sp³-hybridized carbons (Fsp3) is 0.162. The van der Waals surface area contributed by atoms with Crippen molar-refractivity contribution < 1.29 is 4.74 Å². The molecule has 4 aromatic carbocycles. The first kappa shape index (κ1) is 29.1. The van der Waals surface area contributed by atoms with Gasteiger partial charge in [0.15, 0.2) is 10.8 Å². The van der Waals surface area contributed by atoms with Crippen molar-refractivity contribution in [2.45, 2.75) is 38.5 Å². The predicted molar refractivity (Wildman–Crippen MR) is 175 cm³/mol. The Hall–Kier alpha value is -4.94. The molecule has 2 aromatic heterocycles. The molecule has 7 heteroatoms. The SMILES string of the molecule is CC(C)(C)n1ncc(OCc2ccc(-c3ccn(C(c4ccccc4)(c4ccccc4)c4ccccc4)n3)cc2)c(Cl)c1=O. The van der Waals surface area contributed by atoms with Gasteiger partial charge in [0, 0.05) is 11.8 Å². The molecule has 0 unspecified atom stereocenters. The lowest BCUT2D eigenvalue weighted by Gasteiger charge is -2.36. The van der Waals surface area contributed by atoms with Crippen LogP contribution in [0.3, 0.4) is 0 Å². The number of hydrogen-bond donors (Lipinski definition) is 0. The molecule has 0 aliphatic heterocycles. The van der Waals surface area contributed by atoms with Crippen molar-refractivity contribution >= 4 is 11.6 Å². The van der Waals surface area contributed by atoms with Crippen LogP contribution in [0.1, 0.15) is 43.0 Å². The number of halogens is 1. The first-order chi connectivity index (χ1) is 21.3. The molecule has 2 heterocycles. The van der Waals surface area contributed by atoms with Crippen LogP contribution in [0.4, 0.5) is 0 Å². The molecular formula is C37H33ClN4O2. The maximum Gasteiger partial charge on any atom is 0.289 e. The maximum absolute atomic E-state index is 12.7. The first-order valence-corrected chi connectivity index (χ1v) is 14.9. The van der Waals surface area contributed by atoms with E-state index in [1.54, 1.807) is 0 Å². The molecule has 220 valence electrons. The van der Waals surface area contributed by atoms with Gasteiger partial charge in [0.25, 0.3) is 5.56 Å². The minimum atomic E-state index is -0.676. The van der Waals surface area contributed by atoms with Crippen molar-refractivity contribution in [1.29, 1.82) is 0 Å². The van der Waals surface area contributed by atoms with Gasteiger partial charge in [0.2, 0.25) is 0 Å². The minimum absolute atomic E-state index is 0.0239. The van der Waals surface area contributed by atoms with E-state index in [9.17, 15) is 4.79 Å². The average molecular weight is 601 g/mol. The molecule has 0 radical (unpaired) electrons. The summed E-state index contributed by atoms with van der Waals surface area (Å²) in [4.78, 5) is 12.7. The normalized spacial score (nSPS) is 11.8. The number of ether oxygens (including phenoxy) is 1. The molecule has 0 N–H and O–H groups in total. The summed E-state index contributed by atoms with van der Waals surface area (Å²) in [5, 5.41) is 9.45. The van der Waals surface area contributed by atoms with E-state index in [-0.39, 0.29) is 22.9 Å².